The molecule has 0 unspecified atom stereocenters. The predicted octanol–water partition coefficient (Wildman–Crippen LogP) is 4.20. The third-order valence-corrected chi connectivity index (χ3v) is 4.14. The summed E-state index contributed by atoms with van der Waals surface area (Å²) in [6.07, 6.45) is 6.57. The number of carbonyl (C=O) groups is 2. The van der Waals surface area contributed by atoms with Gasteiger partial charge in [-0.15, -0.1) is 0 Å². The SMILES string of the molecule is C=CC(=O)OCCCCOc1ccc(/C=C/c2ccc(OC(=O)C(=C)CO)cc2)cc1. The van der Waals surface area contributed by atoms with Gasteiger partial charge in [-0.3, -0.25) is 0 Å². The summed E-state index contributed by atoms with van der Waals surface area (Å²) in [6, 6.07) is 14.7. The number of ether oxygens (including phenoxy) is 3. The van der Waals surface area contributed by atoms with Gasteiger partial charge in [-0.1, -0.05) is 49.6 Å². The van der Waals surface area contributed by atoms with E-state index in [0.29, 0.717) is 19.0 Å². The van der Waals surface area contributed by atoms with Crippen LogP contribution in [0.3, 0.4) is 0 Å². The average Bonchev–Trinajstić information content (AvgIpc) is 2.80. The molecule has 1 N–H and O–H groups in total. The van der Waals surface area contributed by atoms with Crippen LogP contribution in [0.5, 0.6) is 11.5 Å². The van der Waals surface area contributed by atoms with Crippen molar-refractivity contribution in [2.75, 3.05) is 19.8 Å². The van der Waals surface area contributed by atoms with Crippen LogP contribution in [-0.2, 0) is 14.3 Å². The summed E-state index contributed by atoms with van der Waals surface area (Å²) in [6.45, 7) is 7.24. The van der Waals surface area contributed by atoms with Gasteiger partial charge in [0.1, 0.15) is 11.5 Å². The summed E-state index contributed by atoms with van der Waals surface area (Å²) in [5.41, 5.74) is 1.96. The van der Waals surface area contributed by atoms with Crippen molar-refractivity contribution in [2.45, 2.75) is 12.8 Å². The van der Waals surface area contributed by atoms with Crippen molar-refractivity contribution in [1.82, 2.24) is 0 Å². The lowest BCUT2D eigenvalue weighted by atomic mass is 10.1. The van der Waals surface area contributed by atoms with Gasteiger partial charge in [0.25, 0.3) is 0 Å². The Morgan fingerprint density at radius 3 is 1.97 bits per heavy atom. The monoisotopic (exact) mass is 422 g/mol. The Bertz CT molecular complexity index is 910. The van der Waals surface area contributed by atoms with Gasteiger partial charge >= 0.3 is 11.9 Å². The molecule has 0 atom stereocenters. The zero-order valence-corrected chi connectivity index (χ0v) is 17.3. The lowest BCUT2D eigenvalue weighted by molar-refractivity contribution is -0.138. The molecular formula is C25H26O6. The lowest BCUT2D eigenvalue weighted by Crippen LogP contribution is -2.12. The summed E-state index contributed by atoms with van der Waals surface area (Å²) in [5.74, 6) is 0.102. The third-order valence-electron chi connectivity index (χ3n) is 4.14. The summed E-state index contributed by atoms with van der Waals surface area (Å²) in [4.78, 5) is 22.5. The molecule has 162 valence electrons. The number of esters is 2. The number of rotatable bonds is 12. The normalized spacial score (nSPS) is 10.5. The van der Waals surface area contributed by atoms with Crippen LogP contribution in [0, 0.1) is 0 Å². The first-order chi connectivity index (χ1) is 15.0. The Hall–Kier alpha value is -3.64. The highest BCUT2D eigenvalue weighted by molar-refractivity contribution is 5.89. The molecule has 0 aromatic heterocycles. The molecule has 0 aliphatic rings. The van der Waals surface area contributed by atoms with Gasteiger partial charge in [-0.25, -0.2) is 9.59 Å². The Labute approximate surface area is 182 Å². The molecular weight excluding hydrogens is 396 g/mol. The van der Waals surface area contributed by atoms with E-state index >= 15 is 0 Å². The third kappa shape index (κ3) is 8.72. The summed E-state index contributed by atoms with van der Waals surface area (Å²) < 4.78 is 15.7. The van der Waals surface area contributed by atoms with Gasteiger partial charge in [-0.05, 0) is 48.2 Å². The first-order valence-corrected chi connectivity index (χ1v) is 9.83. The zero-order chi connectivity index (χ0) is 22.5. The fraction of sp³-hybridized carbons (Fsp3) is 0.200. The predicted molar refractivity (Wildman–Crippen MR) is 120 cm³/mol. The number of aliphatic hydroxyl groups is 1. The lowest BCUT2D eigenvalue weighted by Gasteiger charge is -2.06. The zero-order valence-electron chi connectivity index (χ0n) is 17.3. The van der Waals surface area contributed by atoms with E-state index in [1.165, 1.54) is 0 Å². The molecule has 0 spiro atoms. The van der Waals surface area contributed by atoms with Crippen molar-refractivity contribution < 1.29 is 28.9 Å². The van der Waals surface area contributed by atoms with E-state index in [2.05, 4.69) is 13.2 Å². The quantitative estimate of drug-likeness (QED) is 0.182. The average molecular weight is 422 g/mol. The number of unbranched alkanes of at least 4 members (excludes halogenated alkanes) is 1. The van der Waals surface area contributed by atoms with Gasteiger partial charge in [0.05, 0.1) is 25.4 Å². The van der Waals surface area contributed by atoms with E-state index in [9.17, 15) is 9.59 Å². The molecule has 2 rings (SSSR count). The minimum Gasteiger partial charge on any atom is -0.494 e. The fourth-order valence-electron chi connectivity index (χ4n) is 2.38. The second-order valence-electron chi connectivity index (χ2n) is 6.55. The Balaban J connectivity index is 1.76. The molecule has 0 aliphatic carbocycles. The van der Waals surface area contributed by atoms with Crippen LogP contribution in [0.15, 0.2) is 73.3 Å². The van der Waals surface area contributed by atoms with Crippen LogP contribution in [0.1, 0.15) is 24.0 Å². The number of hydrogen-bond donors (Lipinski definition) is 1. The maximum atomic E-state index is 11.6. The van der Waals surface area contributed by atoms with Gasteiger partial charge in [0.2, 0.25) is 0 Å². The number of aliphatic hydroxyl groups excluding tert-OH is 1. The van der Waals surface area contributed by atoms with Gasteiger partial charge < -0.3 is 19.3 Å². The van der Waals surface area contributed by atoms with Crippen molar-refractivity contribution in [3.8, 4) is 11.5 Å². The van der Waals surface area contributed by atoms with Crippen LogP contribution in [0.4, 0.5) is 0 Å². The van der Waals surface area contributed by atoms with Gasteiger partial charge in [0, 0.05) is 6.08 Å². The second-order valence-corrected chi connectivity index (χ2v) is 6.55. The molecule has 0 saturated carbocycles. The van der Waals surface area contributed by atoms with Crippen molar-refractivity contribution >= 4 is 24.1 Å². The highest BCUT2D eigenvalue weighted by Crippen LogP contribution is 2.17. The highest BCUT2D eigenvalue weighted by atomic mass is 16.5. The first-order valence-electron chi connectivity index (χ1n) is 9.83. The van der Waals surface area contributed by atoms with Gasteiger partial charge in [0.15, 0.2) is 0 Å². The molecule has 0 fully saturated rings. The molecule has 6 nitrogen and oxygen atoms in total. The standard InChI is InChI=1S/C25H26O6/c1-3-24(27)30-17-5-4-16-29-22-12-8-20(9-13-22)6-7-21-10-14-23(15-11-21)31-25(28)19(2)18-26/h3,6-15,26H,1-2,4-5,16-18H2/b7-6+. The van der Waals surface area contributed by atoms with E-state index < -0.39 is 18.5 Å². The molecule has 0 aliphatic heterocycles. The molecule has 0 amide bonds. The largest absolute Gasteiger partial charge is 0.494 e. The smallest absolute Gasteiger partial charge is 0.341 e. The molecule has 2 aromatic carbocycles. The fourth-order valence-corrected chi connectivity index (χ4v) is 2.38. The van der Waals surface area contributed by atoms with Crippen molar-refractivity contribution in [3.05, 3.63) is 84.5 Å². The topological polar surface area (TPSA) is 82.1 Å². The number of carbonyl (C=O) groups excluding carboxylic acids is 2. The van der Waals surface area contributed by atoms with E-state index in [0.717, 1.165) is 35.8 Å². The highest BCUT2D eigenvalue weighted by Gasteiger charge is 2.08. The number of benzene rings is 2. The second kappa shape index (κ2) is 12.8. The van der Waals surface area contributed by atoms with Crippen LogP contribution in [-0.4, -0.2) is 36.9 Å². The van der Waals surface area contributed by atoms with Crippen LogP contribution < -0.4 is 9.47 Å². The summed E-state index contributed by atoms with van der Waals surface area (Å²) >= 11 is 0. The van der Waals surface area contributed by atoms with E-state index in [-0.39, 0.29) is 5.57 Å². The van der Waals surface area contributed by atoms with E-state index in [1.54, 1.807) is 12.1 Å². The minimum atomic E-state index is -0.649. The van der Waals surface area contributed by atoms with E-state index in [4.69, 9.17) is 19.3 Å². The minimum absolute atomic E-state index is 0.00502. The number of hydrogen-bond acceptors (Lipinski definition) is 6. The Morgan fingerprint density at radius 1 is 0.871 bits per heavy atom. The van der Waals surface area contributed by atoms with Crippen molar-refractivity contribution in [1.29, 1.82) is 0 Å². The van der Waals surface area contributed by atoms with E-state index in [1.807, 2.05) is 48.6 Å². The molecule has 0 bridgehead atoms. The molecule has 2 aromatic rings. The molecule has 0 radical (unpaired) electrons. The van der Waals surface area contributed by atoms with Crippen molar-refractivity contribution in [2.24, 2.45) is 0 Å². The summed E-state index contributed by atoms with van der Waals surface area (Å²) in [5, 5.41) is 8.89. The Morgan fingerprint density at radius 2 is 1.42 bits per heavy atom. The molecule has 6 heteroatoms. The van der Waals surface area contributed by atoms with Crippen LogP contribution in [0.2, 0.25) is 0 Å². The maximum absolute atomic E-state index is 11.6. The molecule has 0 heterocycles. The van der Waals surface area contributed by atoms with Crippen LogP contribution in [0.25, 0.3) is 12.2 Å². The van der Waals surface area contributed by atoms with Crippen LogP contribution >= 0.6 is 0 Å². The molecule has 31 heavy (non-hydrogen) atoms. The van der Waals surface area contributed by atoms with Gasteiger partial charge in [-0.2, -0.15) is 0 Å². The summed E-state index contributed by atoms with van der Waals surface area (Å²) in [7, 11) is 0. The Kier molecular flexibility index (Phi) is 9.78. The van der Waals surface area contributed by atoms with Crippen molar-refractivity contribution in [3.63, 3.8) is 0 Å². The maximum Gasteiger partial charge on any atom is 0.341 e. The first kappa shape index (κ1) is 23.6. The molecule has 0 saturated heterocycles.